The van der Waals surface area contributed by atoms with E-state index in [2.05, 4.69) is 15.3 Å². The van der Waals surface area contributed by atoms with E-state index >= 15 is 0 Å². The topological polar surface area (TPSA) is 63.8 Å². The summed E-state index contributed by atoms with van der Waals surface area (Å²) in [7, 11) is 0. The van der Waals surface area contributed by atoms with Crippen LogP contribution in [0.3, 0.4) is 0 Å². The van der Waals surface area contributed by atoms with E-state index in [-0.39, 0.29) is 17.4 Å². The van der Waals surface area contributed by atoms with Crippen molar-refractivity contribution in [3.63, 3.8) is 0 Å². The molecule has 1 fully saturated rings. The smallest absolute Gasteiger partial charge is 0.368 e. The summed E-state index contributed by atoms with van der Waals surface area (Å²) in [5, 5.41) is 3.11. The zero-order chi connectivity index (χ0) is 12.5. The summed E-state index contributed by atoms with van der Waals surface area (Å²) in [5.74, 6) is -0.483. The molecule has 0 bridgehead atoms. The number of piperidine rings is 1. The molecule has 7 heteroatoms. The van der Waals surface area contributed by atoms with Crippen LogP contribution in [-0.4, -0.2) is 23.1 Å². The monoisotopic (exact) mass is 246 g/mol. The summed E-state index contributed by atoms with van der Waals surface area (Å²) in [6.45, 7) is 1.43. The van der Waals surface area contributed by atoms with E-state index in [1.807, 2.05) is 0 Å². The number of anilines is 1. The fourth-order valence-electron chi connectivity index (χ4n) is 2.06. The average Bonchev–Trinajstić information content (AvgIpc) is 2.29. The zero-order valence-electron chi connectivity index (χ0n) is 9.09. The molecule has 0 aromatic carbocycles. The molecule has 1 aromatic rings. The fourth-order valence-corrected chi connectivity index (χ4v) is 2.06. The molecule has 1 saturated heterocycles. The Bertz CT molecular complexity index is 399. The molecule has 17 heavy (non-hydrogen) atoms. The average molecular weight is 246 g/mol. The number of halogens is 3. The van der Waals surface area contributed by atoms with Crippen LogP contribution in [0, 0.1) is 0 Å². The maximum atomic E-state index is 12.8. The van der Waals surface area contributed by atoms with Crippen molar-refractivity contribution in [1.29, 1.82) is 0 Å². The molecule has 2 heterocycles. The molecule has 3 N–H and O–H groups in total. The first-order chi connectivity index (χ1) is 7.98. The van der Waals surface area contributed by atoms with Gasteiger partial charge in [-0.05, 0) is 31.8 Å². The van der Waals surface area contributed by atoms with Crippen molar-refractivity contribution >= 4 is 5.95 Å². The lowest BCUT2D eigenvalue weighted by Gasteiger charge is -2.24. The van der Waals surface area contributed by atoms with Gasteiger partial charge in [0.1, 0.15) is 0 Å². The highest BCUT2D eigenvalue weighted by molar-refractivity contribution is 5.30. The highest BCUT2D eigenvalue weighted by Gasteiger charge is 2.38. The van der Waals surface area contributed by atoms with Crippen LogP contribution in [0.25, 0.3) is 0 Å². The number of alkyl halides is 3. The van der Waals surface area contributed by atoms with Gasteiger partial charge in [0, 0.05) is 11.8 Å². The van der Waals surface area contributed by atoms with Gasteiger partial charge in [0.25, 0.3) is 0 Å². The minimum absolute atomic E-state index is 0.145. The predicted molar refractivity (Wildman–Crippen MR) is 56.3 cm³/mol. The van der Waals surface area contributed by atoms with Crippen LogP contribution < -0.4 is 11.1 Å². The Hall–Kier alpha value is -1.37. The van der Waals surface area contributed by atoms with Crippen molar-refractivity contribution < 1.29 is 13.2 Å². The molecule has 4 nitrogen and oxygen atoms in total. The van der Waals surface area contributed by atoms with Crippen LogP contribution in [0.2, 0.25) is 0 Å². The molecule has 0 aliphatic carbocycles. The number of nitrogens with one attached hydrogen (secondary N) is 1. The highest BCUT2D eigenvalue weighted by Crippen LogP contribution is 2.36. The minimum atomic E-state index is -4.47. The SMILES string of the molecule is Nc1ncc(C2CCNCC2)c(C(F)(F)F)n1. The molecule has 1 aliphatic heterocycles. The van der Waals surface area contributed by atoms with Gasteiger partial charge >= 0.3 is 6.18 Å². The number of nitrogens with two attached hydrogens (primary N) is 1. The van der Waals surface area contributed by atoms with Gasteiger partial charge in [0.05, 0.1) is 0 Å². The Balaban J connectivity index is 2.38. The van der Waals surface area contributed by atoms with Gasteiger partial charge in [-0.1, -0.05) is 0 Å². The van der Waals surface area contributed by atoms with Crippen molar-refractivity contribution in [1.82, 2.24) is 15.3 Å². The largest absolute Gasteiger partial charge is 0.433 e. The standard InChI is InChI=1S/C10H13F3N4/c11-10(12,13)8-7(5-16-9(14)17-8)6-1-3-15-4-2-6/h5-6,15H,1-4H2,(H2,14,16,17). The first-order valence-corrected chi connectivity index (χ1v) is 5.39. The van der Waals surface area contributed by atoms with E-state index in [1.54, 1.807) is 0 Å². The summed E-state index contributed by atoms with van der Waals surface area (Å²) < 4.78 is 38.5. The number of rotatable bonds is 1. The van der Waals surface area contributed by atoms with Gasteiger partial charge in [-0.2, -0.15) is 13.2 Å². The van der Waals surface area contributed by atoms with Crippen molar-refractivity contribution in [2.75, 3.05) is 18.8 Å². The lowest BCUT2D eigenvalue weighted by atomic mass is 9.90. The second kappa shape index (κ2) is 4.48. The molecular formula is C10H13F3N4. The third-order valence-electron chi connectivity index (χ3n) is 2.88. The molecule has 2 rings (SSSR count). The second-order valence-corrected chi connectivity index (χ2v) is 4.05. The van der Waals surface area contributed by atoms with E-state index < -0.39 is 11.9 Å². The zero-order valence-corrected chi connectivity index (χ0v) is 9.09. The molecule has 0 radical (unpaired) electrons. The van der Waals surface area contributed by atoms with Gasteiger partial charge in [-0.25, -0.2) is 9.97 Å². The Kier molecular flexibility index (Phi) is 3.19. The summed E-state index contributed by atoms with van der Waals surface area (Å²) in [6, 6.07) is 0. The van der Waals surface area contributed by atoms with Crippen molar-refractivity contribution in [3.05, 3.63) is 17.5 Å². The molecule has 1 aliphatic rings. The number of hydrogen-bond donors (Lipinski definition) is 2. The van der Waals surface area contributed by atoms with E-state index in [1.165, 1.54) is 6.20 Å². The molecule has 0 saturated carbocycles. The Morgan fingerprint density at radius 3 is 2.53 bits per heavy atom. The molecule has 0 amide bonds. The number of hydrogen-bond acceptors (Lipinski definition) is 4. The summed E-state index contributed by atoms with van der Waals surface area (Å²) in [5.41, 5.74) is 4.49. The number of nitrogens with zero attached hydrogens (tertiary/aromatic N) is 2. The fraction of sp³-hybridized carbons (Fsp3) is 0.600. The van der Waals surface area contributed by atoms with Gasteiger partial charge in [0.2, 0.25) is 5.95 Å². The van der Waals surface area contributed by atoms with E-state index in [0.29, 0.717) is 25.9 Å². The third kappa shape index (κ3) is 2.66. The van der Waals surface area contributed by atoms with E-state index in [9.17, 15) is 13.2 Å². The van der Waals surface area contributed by atoms with Crippen LogP contribution in [0.5, 0.6) is 0 Å². The van der Waals surface area contributed by atoms with Gasteiger partial charge in [0.15, 0.2) is 5.69 Å². The maximum absolute atomic E-state index is 12.8. The maximum Gasteiger partial charge on any atom is 0.433 e. The quantitative estimate of drug-likeness (QED) is 0.789. The Morgan fingerprint density at radius 2 is 1.94 bits per heavy atom. The molecule has 94 valence electrons. The molecule has 0 spiro atoms. The highest BCUT2D eigenvalue weighted by atomic mass is 19.4. The predicted octanol–water partition coefficient (Wildman–Crippen LogP) is 1.54. The molecule has 1 aromatic heterocycles. The second-order valence-electron chi connectivity index (χ2n) is 4.05. The third-order valence-corrected chi connectivity index (χ3v) is 2.88. The number of nitrogen functional groups attached to an aromatic ring is 1. The summed E-state index contributed by atoms with van der Waals surface area (Å²) in [4.78, 5) is 7.02. The van der Waals surface area contributed by atoms with Crippen LogP contribution >= 0.6 is 0 Å². The van der Waals surface area contributed by atoms with Crippen LogP contribution in [0.4, 0.5) is 19.1 Å². The van der Waals surface area contributed by atoms with Crippen molar-refractivity contribution in [3.8, 4) is 0 Å². The van der Waals surface area contributed by atoms with Crippen LogP contribution in [0.15, 0.2) is 6.20 Å². The lowest BCUT2D eigenvalue weighted by Crippen LogP contribution is -2.28. The molecule has 0 unspecified atom stereocenters. The normalized spacial score (nSPS) is 18.3. The van der Waals surface area contributed by atoms with Gasteiger partial charge in [-0.15, -0.1) is 0 Å². The lowest BCUT2D eigenvalue weighted by molar-refractivity contribution is -0.142. The number of aromatic nitrogens is 2. The first-order valence-electron chi connectivity index (χ1n) is 5.39. The van der Waals surface area contributed by atoms with Crippen LogP contribution in [-0.2, 0) is 6.18 Å². The van der Waals surface area contributed by atoms with E-state index in [0.717, 1.165) is 0 Å². The Labute approximate surface area is 96.4 Å². The van der Waals surface area contributed by atoms with Crippen molar-refractivity contribution in [2.24, 2.45) is 0 Å². The molecular weight excluding hydrogens is 233 g/mol. The summed E-state index contributed by atoms with van der Waals surface area (Å²) >= 11 is 0. The van der Waals surface area contributed by atoms with Crippen LogP contribution in [0.1, 0.15) is 30.0 Å². The van der Waals surface area contributed by atoms with E-state index in [4.69, 9.17) is 5.73 Å². The minimum Gasteiger partial charge on any atom is -0.368 e. The first kappa shape index (κ1) is 12.1. The van der Waals surface area contributed by atoms with Gasteiger partial charge in [-0.3, -0.25) is 0 Å². The van der Waals surface area contributed by atoms with Crippen molar-refractivity contribution in [2.45, 2.75) is 24.9 Å². The van der Waals surface area contributed by atoms with Gasteiger partial charge < -0.3 is 11.1 Å². The summed E-state index contributed by atoms with van der Waals surface area (Å²) in [6.07, 6.45) is -1.94. The molecule has 0 atom stereocenters. The Morgan fingerprint density at radius 1 is 1.29 bits per heavy atom.